The van der Waals surface area contributed by atoms with Crippen LogP contribution in [0.15, 0.2) is 78.1 Å². The highest BCUT2D eigenvalue weighted by Crippen LogP contribution is 2.44. The lowest BCUT2D eigenvalue weighted by Gasteiger charge is -2.48. The van der Waals surface area contributed by atoms with Crippen LogP contribution in [0.4, 0.5) is 0 Å². The Bertz CT molecular complexity index is 1090. The van der Waals surface area contributed by atoms with Gasteiger partial charge < -0.3 is 10.5 Å². The van der Waals surface area contributed by atoms with E-state index in [1.165, 1.54) is 16.2 Å². The lowest BCUT2D eigenvalue weighted by Crippen LogP contribution is -2.68. The van der Waals surface area contributed by atoms with E-state index < -0.39 is 18.1 Å². The summed E-state index contributed by atoms with van der Waals surface area (Å²) in [7, 11) is 0. The number of nitrogens with zero attached hydrogens (tertiary/aromatic N) is 2. The smallest absolute Gasteiger partial charge is 0.356 e. The van der Waals surface area contributed by atoms with Crippen LogP contribution < -0.4 is 5.73 Å². The molecule has 8 heteroatoms. The molecule has 6 nitrogen and oxygen atoms in total. The summed E-state index contributed by atoms with van der Waals surface area (Å²) in [6.45, 7) is 0. The van der Waals surface area contributed by atoms with Gasteiger partial charge in [0.2, 0.25) is 5.91 Å². The minimum Gasteiger partial charge on any atom is -0.448 e. The zero-order valence-electron chi connectivity index (χ0n) is 16.4. The van der Waals surface area contributed by atoms with Crippen molar-refractivity contribution in [3.63, 3.8) is 0 Å². The minimum absolute atomic E-state index is 0.251. The number of thioether (sulfide) groups is 1. The van der Waals surface area contributed by atoms with Gasteiger partial charge in [-0.1, -0.05) is 60.7 Å². The molecule has 156 valence electrons. The predicted octanol–water partition coefficient (Wildman–Crippen LogP) is 3.43. The van der Waals surface area contributed by atoms with E-state index in [0.29, 0.717) is 5.75 Å². The number of rotatable bonds is 5. The molecule has 3 heterocycles. The molecular formula is C23H19N3O3S2. The number of fused-ring (bicyclic) bond motifs is 1. The second kappa shape index (κ2) is 8.30. The second-order valence-electron chi connectivity index (χ2n) is 7.24. The molecule has 1 fully saturated rings. The first-order valence-corrected chi connectivity index (χ1v) is 11.7. The van der Waals surface area contributed by atoms with Crippen LogP contribution in [0.1, 0.15) is 22.1 Å². The number of hydrogen-bond donors (Lipinski definition) is 1. The van der Waals surface area contributed by atoms with E-state index in [1.54, 1.807) is 23.5 Å². The summed E-state index contributed by atoms with van der Waals surface area (Å²) in [5.74, 6) is -0.232. The number of benzene rings is 2. The monoisotopic (exact) mass is 449 g/mol. The van der Waals surface area contributed by atoms with Crippen LogP contribution in [0.3, 0.4) is 0 Å². The van der Waals surface area contributed by atoms with Gasteiger partial charge in [-0.05, 0) is 11.1 Å². The van der Waals surface area contributed by atoms with Gasteiger partial charge in [-0.25, -0.2) is 4.79 Å². The average Bonchev–Trinajstić information content (AvgIpc) is 3.37. The third-order valence-corrected chi connectivity index (χ3v) is 7.50. The summed E-state index contributed by atoms with van der Waals surface area (Å²) in [5, 5.41) is -0.251. The Balaban J connectivity index is 1.55. The van der Waals surface area contributed by atoms with Gasteiger partial charge in [-0.2, -0.15) is 0 Å². The van der Waals surface area contributed by atoms with Gasteiger partial charge >= 0.3 is 5.97 Å². The number of carbonyl (C=O) groups excluding carboxylic acids is 2. The Morgan fingerprint density at radius 3 is 2.32 bits per heavy atom. The maximum absolute atomic E-state index is 13.6. The van der Waals surface area contributed by atoms with Crippen molar-refractivity contribution >= 4 is 40.5 Å². The van der Waals surface area contributed by atoms with E-state index in [1.807, 2.05) is 60.7 Å². The summed E-state index contributed by atoms with van der Waals surface area (Å²) < 4.78 is 6.07. The normalized spacial score (nSPS) is 20.5. The van der Waals surface area contributed by atoms with E-state index in [9.17, 15) is 9.59 Å². The number of β-lactam (4-membered cyclic amide) rings is 1. The highest BCUT2D eigenvalue weighted by molar-refractivity contribution is 8.00. The SMILES string of the molecule is NC1C(=O)N2C(C(=O)OC(c3ccccc3)c3ccccc3)=C(c3cncs3)CSC12. The fourth-order valence-electron chi connectivity index (χ4n) is 3.81. The van der Waals surface area contributed by atoms with Crippen LogP contribution in [0.2, 0.25) is 0 Å². The Labute approximate surface area is 187 Å². The molecule has 0 spiro atoms. The first-order valence-electron chi connectivity index (χ1n) is 9.78. The second-order valence-corrected chi connectivity index (χ2v) is 9.23. The van der Waals surface area contributed by atoms with E-state index >= 15 is 0 Å². The molecule has 0 bridgehead atoms. The van der Waals surface area contributed by atoms with Crippen molar-refractivity contribution in [2.45, 2.75) is 17.5 Å². The maximum Gasteiger partial charge on any atom is 0.356 e. The standard InChI is InChI=1S/C23H19N3O3S2/c24-18-21(27)26-19(16(12-30-22(18)26)17-11-25-13-31-17)23(28)29-20(14-7-3-1-4-8-14)15-9-5-2-6-10-15/h1-11,13,18,20,22H,12,24H2. The fraction of sp³-hybridized carbons (Fsp3) is 0.174. The van der Waals surface area contributed by atoms with Crippen LogP contribution in [0, 0.1) is 0 Å². The first kappa shape index (κ1) is 20.0. The van der Waals surface area contributed by atoms with Crippen LogP contribution in [0.25, 0.3) is 5.57 Å². The number of hydrogen-bond acceptors (Lipinski definition) is 7. The lowest BCUT2D eigenvalue weighted by molar-refractivity contribution is -0.152. The van der Waals surface area contributed by atoms with Crippen LogP contribution in [-0.2, 0) is 14.3 Å². The van der Waals surface area contributed by atoms with Crippen molar-refractivity contribution in [2.75, 3.05) is 5.75 Å². The van der Waals surface area contributed by atoms with Gasteiger partial charge in [0.25, 0.3) is 0 Å². The topological polar surface area (TPSA) is 85.5 Å². The third-order valence-electron chi connectivity index (χ3n) is 5.36. The van der Waals surface area contributed by atoms with Crippen molar-refractivity contribution in [3.8, 4) is 0 Å². The van der Waals surface area contributed by atoms with E-state index in [4.69, 9.17) is 10.5 Å². The molecule has 3 aromatic rings. The van der Waals surface area contributed by atoms with Gasteiger partial charge in [0, 0.05) is 17.5 Å². The van der Waals surface area contributed by atoms with Crippen molar-refractivity contribution in [2.24, 2.45) is 5.73 Å². The van der Waals surface area contributed by atoms with Gasteiger partial charge in [-0.15, -0.1) is 23.1 Å². The number of carbonyl (C=O) groups is 2. The van der Waals surface area contributed by atoms with Crippen molar-refractivity contribution in [3.05, 3.63) is 94.1 Å². The summed E-state index contributed by atoms with van der Waals surface area (Å²) in [6, 6.07) is 18.6. The molecule has 2 N–H and O–H groups in total. The van der Waals surface area contributed by atoms with Crippen LogP contribution >= 0.6 is 23.1 Å². The summed E-state index contributed by atoms with van der Waals surface area (Å²) in [5.41, 5.74) is 10.4. The van der Waals surface area contributed by atoms with Crippen LogP contribution in [0.5, 0.6) is 0 Å². The van der Waals surface area contributed by atoms with Gasteiger partial charge in [-0.3, -0.25) is 14.7 Å². The molecule has 2 aliphatic heterocycles. The van der Waals surface area contributed by atoms with Crippen LogP contribution in [-0.4, -0.2) is 38.9 Å². The number of ether oxygens (including phenoxy) is 1. The number of aromatic nitrogens is 1. The molecule has 2 aromatic carbocycles. The van der Waals surface area contributed by atoms with Gasteiger partial charge in [0.15, 0.2) is 6.10 Å². The number of esters is 1. The molecule has 1 saturated heterocycles. The molecule has 1 amide bonds. The Morgan fingerprint density at radius 2 is 1.74 bits per heavy atom. The molecular weight excluding hydrogens is 430 g/mol. The molecule has 5 rings (SSSR count). The minimum atomic E-state index is -0.602. The Kier molecular flexibility index (Phi) is 5.35. The molecule has 0 saturated carbocycles. The largest absolute Gasteiger partial charge is 0.448 e. The van der Waals surface area contributed by atoms with Crippen molar-refractivity contribution in [1.29, 1.82) is 0 Å². The van der Waals surface area contributed by atoms with Crippen molar-refractivity contribution in [1.82, 2.24) is 9.88 Å². The Morgan fingerprint density at radius 1 is 1.10 bits per heavy atom. The van der Waals surface area contributed by atoms with Crippen molar-refractivity contribution < 1.29 is 14.3 Å². The van der Waals surface area contributed by atoms with E-state index in [-0.39, 0.29) is 17.0 Å². The fourth-order valence-corrected chi connectivity index (χ4v) is 5.88. The third kappa shape index (κ3) is 3.56. The molecule has 1 aromatic heterocycles. The van der Waals surface area contributed by atoms with E-state index in [2.05, 4.69) is 4.98 Å². The highest BCUT2D eigenvalue weighted by atomic mass is 32.2. The van der Waals surface area contributed by atoms with Gasteiger partial charge in [0.05, 0.1) is 10.4 Å². The van der Waals surface area contributed by atoms with E-state index in [0.717, 1.165) is 21.6 Å². The molecule has 2 unspecified atom stereocenters. The molecule has 0 radical (unpaired) electrons. The lowest BCUT2D eigenvalue weighted by atomic mass is 10.0. The Hall–Kier alpha value is -2.94. The number of nitrogens with two attached hydrogens (primary N) is 1. The zero-order valence-corrected chi connectivity index (χ0v) is 18.0. The molecule has 0 aliphatic carbocycles. The highest BCUT2D eigenvalue weighted by Gasteiger charge is 2.52. The molecule has 31 heavy (non-hydrogen) atoms. The summed E-state index contributed by atoms with van der Waals surface area (Å²) in [6.07, 6.45) is 1.12. The maximum atomic E-state index is 13.6. The summed E-state index contributed by atoms with van der Waals surface area (Å²) >= 11 is 2.99. The first-order chi connectivity index (χ1) is 15.1. The zero-order chi connectivity index (χ0) is 21.4. The predicted molar refractivity (Wildman–Crippen MR) is 121 cm³/mol. The average molecular weight is 450 g/mol. The quantitative estimate of drug-likeness (QED) is 0.475. The summed E-state index contributed by atoms with van der Waals surface area (Å²) in [4.78, 5) is 32.6. The number of thiazole rings is 1. The van der Waals surface area contributed by atoms with Gasteiger partial charge in [0.1, 0.15) is 17.1 Å². The number of amides is 1. The molecule has 2 aliphatic rings. The molecule has 2 atom stereocenters.